The highest BCUT2D eigenvalue weighted by molar-refractivity contribution is 6.25. The number of hydrogen-bond acceptors (Lipinski definition) is 7. The van der Waals surface area contributed by atoms with Crippen LogP contribution in [0.25, 0.3) is 129 Å². The SMILES string of the molecule is Cc1ccc2c(ccc3ccncc32)c1.Cc1ccc2c(ccc3cnccc32)c1.Cc1ccc2c3ccncc3c3ccc(C)cc3c2c1.Cc1ccc2cnc3ccc(C)cc3c2c1.Cc1ccc2cnccc2c1.Cc1cncc2ccccc12.c1ccc2cnccc2c1. The van der Waals surface area contributed by atoms with Crippen molar-refractivity contribution >= 4 is 129 Å². The van der Waals surface area contributed by atoms with Gasteiger partial charge in [0.2, 0.25) is 0 Å². The number of rotatable bonds is 0. The minimum atomic E-state index is 1.07. The van der Waals surface area contributed by atoms with Gasteiger partial charge in [0.25, 0.3) is 0 Å². The Bertz CT molecular complexity index is 5750. The summed E-state index contributed by atoms with van der Waals surface area (Å²) >= 11 is 0. The third kappa shape index (κ3) is 14.8. The molecule has 0 saturated heterocycles. The summed E-state index contributed by atoms with van der Waals surface area (Å²) in [4.78, 5) is 29.3. The normalized spacial score (nSPS) is 10.9. The van der Waals surface area contributed by atoms with Crippen molar-refractivity contribution in [3.8, 4) is 0 Å². The lowest BCUT2D eigenvalue weighted by atomic mass is 9.93. The van der Waals surface area contributed by atoms with Crippen molar-refractivity contribution < 1.29 is 0 Å². The zero-order valence-corrected chi connectivity index (χ0v) is 56.6. The molecule has 19 aromatic rings. The van der Waals surface area contributed by atoms with Gasteiger partial charge in [0.05, 0.1) is 5.52 Å². The lowest BCUT2D eigenvalue weighted by Crippen LogP contribution is -1.86. The molecule has 0 atom stereocenters. The quantitative estimate of drug-likeness (QED) is 0.140. The van der Waals surface area contributed by atoms with Gasteiger partial charge in [-0.25, -0.2) is 0 Å². The van der Waals surface area contributed by atoms with Gasteiger partial charge >= 0.3 is 0 Å². The van der Waals surface area contributed by atoms with E-state index >= 15 is 0 Å². The van der Waals surface area contributed by atoms with Gasteiger partial charge in [0, 0.05) is 118 Å². The van der Waals surface area contributed by atoms with Crippen molar-refractivity contribution in [2.24, 2.45) is 0 Å². The van der Waals surface area contributed by atoms with E-state index in [9.17, 15) is 0 Å². The second-order valence-corrected chi connectivity index (χ2v) is 25.3. The Balaban J connectivity index is 0.000000104. The van der Waals surface area contributed by atoms with Crippen molar-refractivity contribution in [2.75, 3.05) is 0 Å². The summed E-state index contributed by atoms with van der Waals surface area (Å²) in [5.74, 6) is 0. The van der Waals surface area contributed by atoms with Gasteiger partial charge in [-0.2, -0.15) is 0 Å². The van der Waals surface area contributed by atoms with E-state index in [1.807, 2.05) is 111 Å². The predicted molar refractivity (Wildman–Crippen MR) is 418 cm³/mol. The molecule has 7 nitrogen and oxygen atoms in total. The molecule has 98 heavy (non-hydrogen) atoms. The average molecular weight is 1270 g/mol. The van der Waals surface area contributed by atoms with Gasteiger partial charge in [0.15, 0.2) is 0 Å². The van der Waals surface area contributed by atoms with Crippen LogP contribution < -0.4 is 0 Å². The number of pyridine rings is 7. The Morgan fingerprint density at radius 3 is 1.18 bits per heavy atom. The van der Waals surface area contributed by atoms with Crippen LogP contribution in [0.2, 0.25) is 0 Å². The van der Waals surface area contributed by atoms with Crippen molar-refractivity contribution in [3.63, 3.8) is 0 Å². The second kappa shape index (κ2) is 29.6. The zero-order valence-electron chi connectivity index (χ0n) is 56.6. The molecular formula is C91H75N7. The highest BCUT2D eigenvalue weighted by Crippen LogP contribution is 2.36. The first-order chi connectivity index (χ1) is 47.9. The summed E-state index contributed by atoms with van der Waals surface area (Å²) in [5.41, 5.74) is 11.4. The molecule has 19 rings (SSSR count). The largest absolute Gasteiger partial charge is 0.264 e. The van der Waals surface area contributed by atoms with Crippen LogP contribution >= 0.6 is 0 Å². The lowest BCUT2D eigenvalue weighted by Gasteiger charge is -2.11. The maximum atomic E-state index is 4.48. The number of aromatic nitrogens is 7. The van der Waals surface area contributed by atoms with E-state index in [-0.39, 0.29) is 0 Å². The molecule has 0 spiro atoms. The standard InChI is InChI=1S/C19H15N.C15H13N.2C14H11N.2C10H9N.C9H7N/c1-12-3-5-14-16-7-8-20-11-19(16)15-6-4-13(2)10-18(15)17(14)9-12;1-10-3-5-12-9-16-15-6-4-11(2)8-14(15)13(12)7-10;1-10-2-5-13-11(8-10)3-4-12-9-15-7-6-14(12)13;1-10-2-5-13-12(8-10)4-3-11-6-7-15-9-14(11)13;1-8-2-3-10-7-11-5-4-9(10)6-8;1-8-6-11-7-9-4-2-3-5-10(8)9;1-2-4-9-7-10-6-5-8(9)3-1/h3-11H,1-2H3;3-9H,1-2H3;2*2-9H,1H3;2*2-7H,1H3;1-7H. The van der Waals surface area contributed by atoms with E-state index in [2.05, 4.69) is 290 Å². The van der Waals surface area contributed by atoms with Crippen LogP contribution in [0.3, 0.4) is 0 Å². The number of aryl methyl sites for hydroxylation is 8. The summed E-state index contributed by atoms with van der Waals surface area (Å²) < 4.78 is 0. The molecule has 7 aromatic heterocycles. The third-order valence-corrected chi connectivity index (χ3v) is 17.8. The molecule has 0 fully saturated rings. The fraction of sp³-hybridized carbons (Fsp3) is 0.0879. The van der Waals surface area contributed by atoms with Crippen LogP contribution in [-0.4, -0.2) is 34.9 Å². The molecule has 0 aliphatic rings. The molecule has 7 heteroatoms. The molecule has 0 aliphatic carbocycles. The Morgan fingerprint density at radius 1 is 0.173 bits per heavy atom. The maximum absolute atomic E-state index is 4.48. The second-order valence-electron chi connectivity index (χ2n) is 25.3. The van der Waals surface area contributed by atoms with E-state index in [4.69, 9.17) is 0 Å². The van der Waals surface area contributed by atoms with Crippen LogP contribution in [-0.2, 0) is 0 Å². The number of hydrogen-bond donors (Lipinski definition) is 0. The van der Waals surface area contributed by atoms with E-state index in [1.54, 1.807) is 0 Å². The number of fused-ring (bicyclic) bond motifs is 18. The van der Waals surface area contributed by atoms with Crippen molar-refractivity contribution in [1.82, 2.24) is 34.9 Å². The third-order valence-electron chi connectivity index (χ3n) is 17.8. The first kappa shape index (κ1) is 64.5. The van der Waals surface area contributed by atoms with Crippen LogP contribution in [0.15, 0.2) is 311 Å². The van der Waals surface area contributed by atoms with Crippen LogP contribution in [0.5, 0.6) is 0 Å². The minimum absolute atomic E-state index is 1.07. The molecule has 0 radical (unpaired) electrons. The van der Waals surface area contributed by atoms with Gasteiger partial charge in [0.1, 0.15) is 0 Å². The summed E-state index contributed by atoms with van der Waals surface area (Å²) in [6.07, 6.45) is 24.5. The highest BCUT2D eigenvalue weighted by atomic mass is 14.7. The topological polar surface area (TPSA) is 90.2 Å². The summed E-state index contributed by atoms with van der Waals surface area (Å²) in [5, 5.41) is 29.1. The summed E-state index contributed by atoms with van der Waals surface area (Å²) in [6.45, 7) is 17.0. The zero-order chi connectivity index (χ0) is 67.5. The molecule has 474 valence electrons. The van der Waals surface area contributed by atoms with Crippen molar-refractivity contribution in [3.05, 3.63) is 356 Å². The molecule has 7 heterocycles. The van der Waals surface area contributed by atoms with Gasteiger partial charge in [-0.05, 0) is 190 Å². The van der Waals surface area contributed by atoms with Gasteiger partial charge in [-0.15, -0.1) is 0 Å². The van der Waals surface area contributed by atoms with E-state index in [0.717, 1.165) is 5.52 Å². The average Bonchev–Trinajstić information content (AvgIpc) is 0.753. The van der Waals surface area contributed by atoms with Gasteiger partial charge in [-0.3, -0.25) is 34.9 Å². The van der Waals surface area contributed by atoms with Crippen LogP contribution in [0.1, 0.15) is 44.5 Å². The van der Waals surface area contributed by atoms with Crippen molar-refractivity contribution in [2.45, 2.75) is 55.4 Å². The molecule has 0 saturated carbocycles. The van der Waals surface area contributed by atoms with Gasteiger partial charge in [-0.1, -0.05) is 227 Å². The molecule has 0 aliphatic heterocycles. The van der Waals surface area contributed by atoms with E-state index < -0.39 is 0 Å². The van der Waals surface area contributed by atoms with Crippen LogP contribution in [0, 0.1) is 55.4 Å². The Labute approximate surface area is 571 Å². The minimum Gasteiger partial charge on any atom is -0.264 e. The Hall–Kier alpha value is -12.2. The first-order valence-corrected chi connectivity index (χ1v) is 33.1. The molecule has 12 aromatic carbocycles. The summed E-state index contributed by atoms with van der Waals surface area (Å²) in [7, 11) is 0. The fourth-order valence-electron chi connectivity index (χ4n) is 12.8. The van der Waals surface area contributed by atoms with Crippen molar-refractivity contribution in [1.29, 1.82) is 0 Å². The maximum Gasteiger partial charge on any atom is 0.0708 e. The highest BCUT2D eigenvalue weighted by Gasteiger charge is 2.10. The predicted octanol–water partition coefficient (Wildman–Crippen LogP) is 23.9. The van der Waals surface area contributed by atoms with E-state index in [0.29, 0.717) is 0 Å². The molecule has 0 unspecified atom stereocenters. The smallest absolute Gasteiger partial charge is 0.0708 e. The Kier molecular flexibility index (Phi) is 19.5. The van der Waals surface area contributed by atoms with Gasteiger partial charge < -0.3 is 0 Å². The Morgan fingerprint density at radius 2 is 0.541 bits per heavy atom. The molecule has 0 N–H and O–H groups in total. The molecule has 0 bridgehead atoms. The molecular weight excluding hydrogens is 1190 g/mol. The first-order valence-electron chi connectivity index (χ1n) is 33.1. The fourth-order valence-corrected chi connectivity index (χ4v) is 12.8. The summed E-state index contributed by atoms with van der Waals surface area (Å²) in [6, 6.07) is 81.1. The number of benzene rings is 12. The monoisotopic (exact) mass is 1270 g/mol. The van der Waals surface area contributed by atoms with E-state index in [1.165, 1.54) is 168 Å². The lowest BCUT2D eigenvalue weighted by molar-refractivity contribution is 1.31. The number of nitrogens with zero attached hydrogens (tertiary/aromatic N) is 7. The molecule has 0 amide bonds. The van der Waals surface area contributed by atoms with Crippen LogP contribution in [0.4, 0.5) is 0 Å².